The van der Waals surface area contributed by atoms with Gasteiger partial charge >= 0.3 is 28.0 Å². The van der Waals surface area contributed by atoms with E-state index in [-0.39, 0.29) is 33.0 Å². The molecule has 2 fully saturated rings. The first-order valence-corrected chi connectivity index (χ1v) is 13.3. The van der Waals surface area contributed by atoms with E-state index in [1.54, 1.807) is 6.07 Å². The first kappa shape index (κ1) is 37.6. The number of allylic oxidation sites excluding steroid dienone is 2. The molecule has 2 bridgehead atoms. The molecule has 0 heterocycles. The van der Waals surface area contributed by atoms with Gasteiger partial charge in [-0.15, -0.1) is 0 Å². The van der Waals surface area contributed by atoms with Crippen LogP contribution in [0.25, 0.3) is 0 Å². The number of hydrogen-bond donors (Lipinski definition) is 0. The summed E-state index contributed by atoms with van der Waals surface area (Å²) in [5, 5.41) is 7.32. The molecule has 0 aromatic rings. The van der Waals surface area contributed by atoms with Crippen LogP contribution in [0.15, 0.2) is 6.08 Å². The summed E-state index contributed by atoms with van der Waals surface area (Å²) in [6, 6.07) is 1.75. The Bertz CT molecular complexity index is 539. The maximum Gasteiger partial charge on any atom is 2.00 e. The number of hydrogen-bond acceptors (Lipinski definition) is 2. The number of rotatable bonds is 5. The van der Waals surface area contributed by atoms with Crippen LogP contribution < -0.4 is 4.70 Å². The van der Waals surface area contributed by atoms with Crippen LogP contribution in [0.2, 0.25) is 0 Å². The average Bonchev–Trinajstić information content (AvgIpc) is 3.26. The molecule has 5 atom stereocenters. The number of nitriles is 1. The van der Waals surface area contributed by atoms with E-state index in [9.17, 15) is 12.9 Å². The normalized spacial score (nSPS) is 25.8. The van der Waals surface area contributed by atoms with Crippen molar-refractivity contribution >= 4 is 15.5 Å². The van der Waals surface area contributed by atoms with Crippen LogP contribution in [0.3, 0.4) is 0 Å². The summed E-state index contributed by atoms with van der Waals surface area (Å²) in [4.78, 5) is 0. The van der Waals surface area contributed by atoms with Crippen molar-refractivity contribution in [2.24, 2.45) is 23.7 Å². The van der Waals surface area contributed by atoms with Gasteiger partial charge in [-0.05, 0) is 61.3 Å². The van der Waals surface area contributed by atoms with E-state index < -0.39 is 7.54 Å². The van der Waals surface area contributed by atoms with E-state index in [0.29, 0.717) is 12.2 Å². The van der Waals surface area contributed by atoms with Crippen LogP contribution in [-0.2, 0) is 25.2 Å². The van der Waals surface area contributed by atoms with Gasteiger partial charge in [0.05, 0.1) is 23.0 Å². The summed E-state index contributed by atoms with van der Waals surface area (Å²) in [6.07, 6.45) is 11.6. The third-order valence-electron chi connectivity index (χ3n) is 6.01. The number of ether oxygens (including phenoxy) is 1. The van der Waals surface area contributed by atoms with Crippen molar-refractivity contribution in [2.75, 3.05) is 0 Å². The minimum atomic E-state index is -3.67. The van der Waals surface area contributed by atoms with Crippen molar-refractivity contribution in [3.05, 3.63) is 18.6 Å². The zero-order valence-electron chi connectivity index (χ0n) is 21.5. The molecule has 0 radical (unpaired) electrons. The Kier molecular flexibility index (Phi) is 22.0. The zero-order valence-corrected chi connectivity index (χ0v) is 24.1. The monoisotopic (exact) mass is 585 g/mol. The maximum absolute atomic E-state index is 9.67. The SMILES string of the molecule is CC#N.CC(C)OC1[CH-]C2CC1C1CC=[C-]C21.CC(C)[PH+](C(C)C)C(C)C.FB(F)F.[F-].[Pd+2]. The first-order chi connectivity index (χ1) is 14.4. The molecule has 33 heavy (non-hydrogen) atoms. The predicted molar refractivity (Wildman–Crippen MR) is 129 cm³/mol. The fourth-order valence-corrected chi connectivity index (χ4v) is 9.55. The van der Waals surface area contributed by atoms with E-state index in [2.05, 4.69) is 74.0 Å². The maximum atomic E-state index is 9.67. The van der Waals surface area contributed by atoms with Crippen molar-refractivity contribution in [3.63, 3.8) is 0 Å². The Labute approximate surface area is 215 Å². The van der Waals surface area contributed by atoms with Gasteiger partial charge in [-0.1, -0.05) is 24.9 Å². The minimum absolute atomic E-state index is 0. The van der Waals surface area contributed by atoms with Crippen molar-refractivity contribution < 1.29 is 42.8 Å². The molecule has 0 amide bonds. The van der Waals surface area contributed by atoms with Crippen LogP contribution in [-0.4, -0.2) is 36.7 Å². The molecule has 2 saturated carbocycles. The molecule has 2 nitrogen and oxygen atoms in total. The molecule has 0 aromatic heterocycles. The molecule has 0 spiro atoms. The van der Waals surface area contributed by atoms with Crippen molar-refractivity contribution in [3.8, 4) is 6.07 Å². The molecule has 3 aliphatic carbocycles. The Hall–Kier alpha value is 0.0673. The molecule has 0 aromatic carbocycles. The molecule has 0 aliphatic heterocycles. The molecule has 9 heteroatoms. The van der Waals surface area contributed by atoms with E-state index in [0.717, 1.165) is 40.6 Å². The van der Waals surface area contributed by atoms with Crippen molar-refractivity contribution in [1.29, 1.82) is 5.26 Å². The fraction of sp³-hybridized carbons (Fsp3) is 0.833. The Balaban J connectivity index is -0.000000421. The predicted octanol–water partition coefficient (Wildman–Crippen LogP) is 4.47. The fourth-order valence-electron chi connectivity index (χ4n) is 5.55. The standard InChI is InChI=1S/C13H18O.C9H21P.C2H3N.BF3.FH.Pd/c1-8(2)14-13-7-9-6-12(13)11-5-3-4-10(9)11;1-7(2)10(8(3)4)9(5)6;1-2-3;2-1(3)4;;/h3,7-13H,5-6H2,1-2H3;7-9H,1-6H3;1H3;;1H;/q-2;;;;;+2. The van der Waals surface area contributed by atoms with Crippen LogP contribution in [0.5, 0.6) is 0 Å². The molecule has 3 aliphatic rings. The Morgan fingerprint density at radius 1 is 1.03 bits per heavy atom. The minimum Gasteiger partial charge on any atom is -1.00 e. The molecule has 0 saturated heterocycles. The van der Waals surface area contributed by atoms with Gasteiger partial charge in [-0.2, -0.15) is 17.1 Å². The van der Waals surface area contributed by atoms with Gasteiger partial charge in [-0.3, -0.25) is 25.4 Å². The van der Waals surface area contributed by atoms with Crippen molar-refractivity contribution in [1.82, 2.24) is 0 Å². The third kappa shape index (κ3) is 13.7. The Morgan fingerprint density at radius 2 is 1.45 bits per heavy atom. The number of nitrogens with zero attached hydrogens (tertiary/aromatic N) is 1. The summed E-state index contributed by atoms with van der Waals surface area (Å²) in [6.45, 7) is 19.9. The van der Waals surface area contributed by atoms with E-state index in [1.165, 1.54) is 19.8 Å². The van der Waals surface area contributed by atoms with Gasteiger partial charge < -0.3 is 15.5 Å². The van der Waals surface area contributed by atoms with Crippen LogP contribution in [0, 0.1) is 47.5 Å². The van der Waals surface area contributed by atoms with Gasteiger partial charge in [-0.25, -0.2) is 0 Å². The topological polar surface area (TPSA) is 33.0 Å². The molecule has 0 N–H and O–H groups in total. The van der Waals surface area contributed by atoms with Crippen LogP contribution in [0.4, 0.5) is 12.9 Å². The molecular formula is C24H43BF4NOPPd. The van der Waals surface area contributed by atoms with E-state index >= 15 is 0 Å². The molecule has 5 unspecified atom stereocenters. The smallest absolute Gasteiger partial charge is 1.00 e. The van der Waals surface area contributed by atoms with E-state index in [4.69, 9.17) is 10.00 Å². The van der Waals surface area contributed by atoms with Gasteiger partial charge in [0.1, 0.15) is 0 Å². The van der Waals surface area contributed by atoms with Gasteiger partial charge in [0, 0.05) is 20.9 Å². The summed E-state index contributed by atoms with van der Waals surface area (Å²) >= 11 is 0. The largest absolute Gasteiger partial charge is 2.00 e. The average molecular weight is 586 g/mol. The molecule has 3 rings (SSSR count). The third-order valence-corrected chi connectivity index (χ3v) is 10.0. The van der Waals surface area contributed by atoms with Crippen LogP contribution in [0.1, 0.15) is 75.2 Å². The van der Waals surface area contributed by atoms with E-state index in [1.807, 2.05) is 0 Å². The quantitative estimate of drug-likeness (QED) is 0.207. The summed E-state index contributed by atoms with van der Waals surface area (Å²) < 4.78 is 35.0. The second kappa shape index (κ2) is 19.3. The van der Waals surface area contributed by atoms with Crippen LogP contribution >= 0.6 is 7.92 Å². The summed E-state index contributed by atoms with van der Waals surface area (Å²) in [5.41, 5.74) is 2.81. The Morgan fingerprint density at radius 3 is 1.79 bits per heavy atom. The number of halogens is 4. The number of fused-ring (bicyclic) bond motifs is 5. The summed E-state index contributed by atoms with van der Waals surface area (Å²) in [7, 11) is -3.76. The second-order valence-corrected chi connectivity index (χ2v) is 14.1. The zero-order chi connectivity index (χ0) is 24.3. The first-order valence-electron chi connectivity index (χ1n) is 11.5. The molecular weight excluding hydrogens is 542 g/mol. The molecule has 196 valence electrons. The van der Waals surface area contributed by atoms with Gasteiger partial charge in [0.15, 0.2) is 0 Å². The van der Waals surface area contributed by atoms with Gasteiger partial charge in [0.25, 0.3) is 0 Å². The van der Waals surface area contributed by atoms with Gasteiger partial charge in [0.2, 0.25) is 0 Å². The second-order valence-electron chi connectivity index (χ2n) is 9.64. The van der Waals surface area contributed by atoms with Crippen molar-refractivity contribution in [2.45, 2.75) is 104 Å². The summed E-state index contributed by atoms with van der Waals surface area (Å²) in [5.74, 6) is 3.16.